The topological polar surface area (TPSA) is 75.6 Å². The molecule has 4 rings (SSSR count). The predicted octanol–water partition coefficient (Wildman–Crippen LogP) is 4.75. The number of hydrogen-bond acceptors (Lipinski definition) is 3. The fourth-order valence-electron chi connectivity index (χ4n) is 4.06. The molecule has 1 atom stereocenters. The molecule has 158 valence electrons. The Balaban J connectivity index is 1.48. The molecule has 0 aromatic heterocycles. The third-order valence-electron chi connectivity index (χ3n) is 5.70. The third-order valence-corrected chi connectivity index (χ3v) is 5.70. The van der Waals surface area contributed by atoms with E-state index in [4.69, 9.17) is 4.74 Å². The van der Waals surface area contributed by atoms with Crippen LogP contribution < -0.4 is 5.32 Å². The van der Waals surface area contributed by atoms with Crippen molar-refractivity contribution in [2.24, 2.45) is 0 Å². The number of aliphatic carboxylic acids is 1. The number of amides is 1. The van der Waals surface area contributed by atoms with Crippen LogP contribution in [0.1, 0.15) is 29.5 Å². The maximum Gasteiger partial charge on any atom is 0.408 e. The van der Waals surface area contributed by atoms with Crippen molar-refractivity contribution in [2.45, 2.75) is 24.8 Å². The third kappa shape index (κ3) is 4.01. The fourth-order valence-corrected chi connectivity index (χ4v) is 4.06. The van der Waals surface area contributed by atoms with Crippen molar-refractivity contribution in [1.29, 1.82) is 0 Å². The summed E-state index contributed by atoms with van der Waals surface area (Å²) in [6.07, 6.45) is -1.07. The SMILES string of the molecule is CC(Cc1ccccc1F)(NC(=O)OCC1c2ccccc2-c2ccccc21)C(=O)O. The number of carbonyl (C=O) groups is 2. The molecule has 1 aliphatic carbocycles. The molecule has 3 aromatic carbocycles. The molecule has 1 unspecified atom stereocenters. The standard InChI is InChI=1S/C25H22FNO4/c1-25(23(28)29,14-16-8-2-7-13-22(16)26)27-24(30)31-15-21-19-11-5-3-9-17(19)18-10-4-6-12-20(18)21/h2-13,21H,14-15H2,1H3,(H,27,30)(H,28,29). The van der Waals surface area contributed by atoms with Crippen LogP contribution in [0, 0.1) is 5.82 Å². The average molecular weight is 419 g/mol. The van der Waals surface area contributed by atoms with Gasteiger partial charge in [-0.25, -0.2) is 14.0 Å². The maximum absolute atomic E-state index is 14.0. The number of benzene rings is 3. The molecule has 0 saturated carbocycles. The Hall–Kier alpha value is -3.67. The Morgan fingerprint density at radius 3 is 2.10 bits per heavy atom. The molecule has 0 bridgehead atoms. The van der Waals surface area contributed by atoms with E-state index >= 15 is 0 Å². The number of nitrogens with one attached hydrogen (secondary N) is 1. The lowest BCUT2D eigenvalue weighted by Gasteiger charge is -2.26. The monoisotopic (exact) mass is 419 g/mol. The maximum atomic E-state index is 14.0. The normalized spacial score (nSPS) is 14.3. The lowest BCUT2D eigenvalue weighted by atomic mass is 9.92. The van der Waals surface area contributed by atoms with Crippen LogP contribution >= 0.6 is 0 Å². The molecule has 3 aromatic rings. The lowest BCUT2D eigenvalue weighted by molar-refractivity contribution is -0.143. The largest absolute Gasteiger partial charge is 0.480 e. The first-order valence-corrected chi connectivity index (χ1v) is 9.99. The second-order valence-electron chi connectivity index (χ2n) is 7.86. The molecule has 0 saturated heterocycles. The number of alkyl carbamates (subject to hydrolysis) is 1. The van der Waals surface area contributed by atoms with Crippen molar-refractivity contribution >= 4 is 12.1 Å². The summed E-state index contributed by atoms with van der Waals surface area (Å²) in [5.41, 5.74) is 2.80. The van der Waals surface area contributed by atoms with E-state index in [1.165, 1.54) is 25.1 Å². The van der Waals surface area contributed by atoms with Crippen LogP contribution in [-0.4, -0.2) is 29.3 Å². The Labute approximate surface area is 179 Å². The van der Waals surface area contributed by atoms with Gasteiger partial charge in [0.2, 0.25) is 0 Å². The van der Waals surface area contributed by atoms with Crippen LogP contribution in [0.5, 0.6) is 0 Å². The van der Waals surface area contributed by atoms with Crippen molar-refractivity contribution < 1.29 is 23.8 Å². The summed E-state index contributed by atoms with van der Waals surface area (Å²) in [5.74, 6) is -1.94. The highest BCUT2D eigenvalue weighted by Gasteiger charge is 2.37. The highest BCUT2D eigenvalue weighted by molar-refractivity contribution is 5.84. The number of ether oxygens (including phenoxy) is 1. The van der Waals surface area contributed by atoms with E-state index < -0.39 is 23.4 Å². The van der Waals surface area contributed by atoms with Gasteiger partial charge in [-0.3, -0.25) is 0 Å². The molecule has 0 aliphatic heterocycles. The van der Waals surface area contributed by atoms with Crippen LogP contribution in [0.3, 0.4) is 0 Å². The molecular weight excluding hydrogens is 397 g/mol. The average Bonchev–Trinajstić information content (AvgIpc) is 3.08. The number of carbonyl (C=O) groups excluding carboxylic acids is 1. The van der Waals surface area contributed by atoms with Crippen LogP contribution in [-0.2, 0) is 16.0 Å². The van der Waals surface area contributed by atoms with Crippen LogP contribution in [0.2, 0.25) is 0 Å². The van der Waals surface area contributed by atoms with E-state index in [0.29, 0.717) is 0 Å². The first-order chi connectivity index (χ1) is 14.9. The Morgan fingerprint density at radius 2 is 1.52 bits per heavy atom. The van der Waals surface area contributed by atoms with Crippen molar-refractivity contribution in [3.63, 3.8) is 0 Å². The zero-order chi connectivity index (χ0) is 22.0. The van der Waals surface area contributed by atoms with E-state index in [0.717, 1.165) is 22.3 Å². The Kier molecular flexibility index (Phi) is 5.46. The number of carboxylic acid groups (broad SMARTS) is 1. The van der Waals surface area contributed by atoms with Crippen molar-refractivity contribution in [3.8, 4) is 11.1 Å². The highest BCUT2D eigenvalue weighted by Crippen LogP contribution is 2.44. The van der Waals surface area contributed by atoms with Crippen molar-refractivity contribution in [3.05, 3.63) is 95.3 Å². The van der Waals surface area contributed by atoms with Gasteiger partial charge in [0.05, 0.1) is 0 Å². The Bertz CT molecular complexity index is 1100. The number of fused-ring (bicyclic) bond motifs is 3. The summed E-state index contributed by atoms with van der Waals surface area (Å²) < 4.78 is 19.5. The zero-order valence-electron chi connectivity index (χ0n) is 17.0. The fraction of sp³-hybridized carbons (Fsp3) is 0.200. The summed E-state index contributed by atoms with van der Waals surface area (Å²) in [6, 6.07) is 21.8. The smallest absolute Gasteiger partial charge is 0.408 e. The number of halogens is 1. The molecule has 0 heterocycles. The van der Waals surface area contributed by atoms with Crippen molar-refractivity contribution in [1.82, 2.24) is 5.32 Å². The van der Waals surface area contributed by atoms with Gasteiger partial charge in [0, 0.05) is 12.3 Å². The molecule has 0 radical (unpaired) electrons. The lowest BCUT2D eigenvalue weighted by Crippen LogP contribution is -2.54. The second-order valence-corrected chi connectivity index (χ2v) is 7.86. The molecule has 31 heavy (non-hydrogen) atoms. The number of rotatable bonds is 6. The zero-order valence-corrected chi connectivity index (χ0v) is 17.0. The minimum atomic E-state index is -1.72. The van der Waals surface area contributed by atoms with Gasteiger partial charge in [-0.2, -0.15) is 0 Å². The van der Waals surface area contributed by atoms with Crippen LogP contribution in [0.15, 0.2) is 72.8 Å². The molecule has 5 nitrogen and oxygen atoms in total. The summed E-state index contributed by atoms with van der Waals surface area (Å²) in [4.78, 5) is 24.4. The van der Waals surface area contributed by atoms with Gasteiger partial charge in [0.15, 0.2) is 0 Å². The quantitative estimate of drug-likeness (QED) is 0.605. The Morgan fingerprint density at radius 1 is 0.968 bits per heavy atom. The summed E-state index contributed by atoms with van der Waals surface area (Å²) in [6.45, 7) is 1.40. The van der Waals surface area contributed by atoms with E-state index in [1.807, 2.05) is 48.5 Å². The summed E-state index contributed by atoms with van der Waals surface area (Å²) in [7, 11) is 0. The predicted molar refractivity (Wildman–Crippen MR) is 114 cm³/mol. The molecule has 0 spiro atoms. The molecule has 1 aliphatic rings. The van der Waals surface area contributed by atoms with Gasteiger partial charge >= 0.3 is 12.1 Å². The minimum Gasteiger partial charge on any atom is -0.480 e. The van der Waals surface area contributed by atoms with Crippen LogP contribution in [0.25, 0.3) is 11.1 Å². The van der Waals surface area contributed by atoms with Gasteiger partial charge in [-0.1, -0.05) is 66.7 Å². The minimum absolute atomic E-state index is 0.0647. The molecule has 6 heteroatoms. The summed E-state index contributed by atoms with van der Waals surface area (Å²) in [5, 5.41) is 12.1. The van der Waals surface area contributed by atoms with Gasteiger partial charge in [0.1, 0.15) is 18.0 Å². The number of hydrogen-bond donors (Lipinski definition) is 2. The van der Waals surface area contributed by atoms with Gasteiger partial charge < -0.3 is 15.2 Å². The van der Waals surface area contributed by atoms with E-state index in [1.54, 1.807) is 6.07 Å². The molecule has 0 fully saturated rings. The van der Waals surface area contributed by atoms with E-state index in [9.17, 15) is 19.1 Å². The van der Waals surface area contributed by atoms with Crippen LogP contribution in [0.4, 0.5) is 9.18 Å². The first-order valence-electron chi connectivity index (χ1n) is 9.99. The van der Waals surface area contributed by atoms with E-state index in [-0.39, 0.29) is 24.5 Å². The van der Waals surface area contributed by atoms with E-state index in [2.05, 4.69) is 5.32 Å². The molecule has 1 amide bonds. The molecular formula is C25H22FNO4. The van der Waals surface area contributed by atoms with Crippen molar-refractivity contribution in [2.75, 3.05) is 6.61 Å². The molecule has 2 N–H and O–H groups in total. The second kappa shape index (κ2) is 8.22. The highest BCUT2D eigenvalue weighted by atomic mass is 19.1. The van der Waals surface area contributed by atoms with Gasteiger partial charge in [-0.05, 0) is 40.8 Å². The summed E-state index contributed by atoms with van der Waals surface area (Å²) >= 11 is 0. The van der Waals surface area contributed by atoms with Gasteiger partial charge in [-0.15, -0.1) is 0 Å². The number of carboxylic acids is 1. The van der Waals surface area contributed by atoms with Gasteiger partial charge in [0.25, 0.3) is 0 Å². The first kappa shape index (κ1) is 20.6.